The molecule has 114 valence electrons. The van der Waals surface area contributed by atoms with E-state index >= 15 is 0 Å². The first-order chi connectivity index (χ1) is 9.83. The first-order valence-corrected chi connectivity index (χ1v) is 8.30. The lowest BCUT2D eigenvalue weighted by Gasteiger charge is -2.11. The summed E-state index contributed by atoms with van der Waals surface area (Å²) < 4.78 is 32.4. The summed E-state index contributed by atoms with van der Waals surface area (Å²) >= 11 is 12.0. The lowest BCUT2D eigenvalue weighted by Crippen LogP contribution is -2.23. The summed E-state index contributed by atoms with van der Waals surface area (Å²) in [6.45, 7) is 1.90. The summed E-state index contributed by atoms with van der Waals surface area (Å²) in [5.74, 6) is 1.21. The van der Waals surface area contributed by atoms with E-state index in [0.717, 1.165) is 0 Å². The molecule has 21 heavy (non-hydrogen) atoms. The van der Waals surface area contributed by atoms with Crippen LogP contribution in [-0.2, 0) is 23.1 Å². The topological polar surface area (TPSA) is 85.3 Å². The Morgan fingerprint density at radius 1 is 1.29 bits per heavy atom. The van der Waals surface area contributed by atoms with Crippen LogP contribution >= 0.6 is 23.2 Å². The first-order valence-electron chi connectivity index (χ1n) is 6.06. The van der Waals surface area contributed by atoms with Crippen molar-refractivity contribution in [3.05, 3.63) is 51.4 Å². The van der Waals surface area contributed by atoms with Crippen LogP contribution in [0.1, 0.15) is 17.1 Å². The summed E-state index contributed by atoms with van der Waals surface area (Å²) in [6.07, 6.45) is 0. The second kappa shape index (κ2) is 6.37. The predicted molar refractivity (Wildman–Crippen MR) is 81.8 cm³/mol. The molecule has 2 aromatic rings. The molecular formula is C13H14Cl2N2O3S. The van der Waals surface area contributed by atoms with Gasteiger partial charge in [0.05, 0.1) is 11.6 Å². The third kappa shape index (κ3) is 3.78. The monoisotopic (exact) mass is 348 g/mol. The van der Waals surface area contributed by atoms with Crippen LogP contribution < -0.4 is 10.5 Å². The average molecular weight is 349 g/mol. The van der Waals surface area contributed by atoms with E-state index in [9.17, 15) is 8.42 Å². The Kier molecular flexibility index (Phi) is 4.95. The molecule has 0 bridgehead atoms. The van der Waals surface area contributed by atoms with Crippen LogP contribution in [0.15, 0.2) is 33.6 Å². The van der Waals surface area contributed by atoms with Crippen molar-refractivity contribution in [1.29, 1.82) is 0 Å². The number of aryl methyl sites for hydroxylation is 1. The van der Waals surface area contributed by atoms with E-state index in [1.54, 1.807) is 25.1 Å². The Labute approximate surface area is 133 Å². The number of benzene rings is 1. The van der Waals surface area contributed by atoms with Crippen molar-refractivity contribution in [1.82, 2.24) is 4.72 Å². The van der Waals surface area contributed by atoms with Crippen molar-refractivity contribution >= 4 is 33.2 Å². The van der Waals surface area contributed by atoms with Gasteiger partial charge in [-0.1, -0.05) is 23.2 Å². The molecule has 5 nitrogen and oxygen atoms in total. The Morgan fingerprint density at radius 3 is 2.57 bits per heavy atom. The maximum Gasteiger partial charge on any atom is 0.242 e. The fourth-order valence-electron chi connectivity index (χ4n) is 1.79. The fourth-order valence-corrected chi connectivity index (χ4v) is 3.72. The second-order valence-electron chi connectivity index (χ2n) is 4.42. The van der Waals surface area contributed by atoms with E-state index in [4.69, 9.17) is 33.4 Å². The molecule has 0 aliphatic heterocycles. The largest absolute Gasteiger partial charge is 0.465 e. The van der Waals surface area contributed by atoms with Gasteiger partial charge in [0, 0.05) is 11.6 Å². The zero-order chi connectivity index (χ0) is 15.6. The van der Waals surface area contributed by atoms with Gasteiger partial charge in [0.15, 0.2) is 0 Å². The third-order valence-corrected chi connectivity index (χ3v) is 5.02. The molecule has 0 saturated heterocycles. The highest BCUT2D eigenvalue weighted by Crippen LogP contribution is 2.29. The summed E-state index contributed by atoms with van der Waals surface area (Å²) in [7, 11) is -3.82. The van der Waals surface area contributed by atoms with E-state index in [2.05, 4.69) is 4.72 Å². The maximum atomic E-state index is 12.3. The zero-order valence-corrected chi connectivity index (χ0v) is 13.5. The molecule has 2 rings (SSSR count). The highest BCUT2D eigenvalue weighted by molar-refractivity contribution is 7.89. The van der Waals surface area contributed by atoms with Gasteiger partial charge >= 0.3 is 0 Å². The van der Waals surface area contributed by atoms with Crippen molar-refractivity contribution in [3.63, 3.8) is 0 Å². The molecule has 0 saturated carbocycles. The van der Waals surface area contributed by atoms with Crippen LogP contribution in [-0.4, -0.2) is 8.42 Å². The Balaban J connectivity index is 2.29. The van der Waals surface area contributed by atoms with E-state index < -0.39 is 10.0 Å². The summed E-state index contributed by atoms with van der Waals surface area (Å²) in [4.78, 5) is -0.0969. The standard InChI is InChI=1S/C13H14Cl2N2O3S/c1-8-2-3-11(20-8)7-17-21(18,19)12-5-10(14)4-9(6-16)13(12)15/h2-5,17H,6-7,16H2,1H3. The molecule has 0 amide bonds. The van der Waals surface area contributed by atoms with Gasteiger partial charge in [-0.3, -0.25) is 0 Å². The Hall–Kier alpha value is -1.05. The minimum atomic E-state index is -3.82. The Bertz CT molecular complexity index is 757. The molecule has 0 radical (unpaired) electrons. The fraction of sp³-hybridized carbons (Fsp3) is 0.231. The van der Waals surface area contributed by atoms with Gasteiger partial charge in [0.25, 0.3) is 0 Å². The highest BCUT2D eigenvalue weighted by Gasteiger charge is 2.21. The lowest BCUT2D eigenvalue weighted by molar-refractivity contribution is 0.475. The first kappa shape index (κ1) is 16.3. The van der Waals surface area contributed by atoms with Gasteiger partial charge in [-0.15, -0.1) is 0 Å². The number of furan rings is 1. The number of nitrogens with two attached hydrogens (primary N) is 1. The molecule has 8 heteroatoms. The highest BCUT2D eigenvalue weighted by atomic mass is 35.5. The van der Waals surface area contributed by atoms with Gasteiger partial charge in [0.1, 0.15) is 16.4 Å². The quantitative estimate of drug-likeness (QED) is 0.869. The molecule has 1 heterocycles. The third-order valence-electron chi connectivity index (χ3n) is 2.82. The molecule has 0 unspecified atom stereocenters. The molecule has 0 atom stereocenters. The summed E-state index contributed by atoms with van der Waals surface area (Å²) in [6, 6.07) is 6.28. The molecule has 1 aromatic heterocycles. The van der Waals surface area contributed by atoms with Crippen molar-refractivity contribution in [3.8, 4) is 0 Å². The van der Waals surface area contributed by atoms with E-state index in [0.29, 0.717) is 17.1 Å². The van der Waals surface area contributed by atoms with Gasteiger partial charge in [-0.25, -0.2) is 13.1 Å². The lowest BCUT2D eigenvalue weighted by atomic mass is 10.2. The van der Waals surface area contributed by atoms with Crippen LogP contribution in [0.25, 0.3) is 0 Å². The van der Waals surface area contributed by atoms with E-state index in [1.807, 2.05) is 0 Å². The number of hydrogen-bond donors (Lipinski definition) is 2. The van der Waals surface area contributed by atoms with Crippen LogP contribution in [0.5, 0.6) is 0 Å². The second-order valence-corrected chi connectivity index (χ2v) is 6.97. The zero-order valence-electron chi connectivity index (χ0n) is 11.2. The van der Waals surface area contributed by atoms with Crippen molar-refractivity contribution in [2.75, 3.05) is 0 Å². The molecule has 0 spiro atoms. The normalized spacial score (nSPS) is 11.8. The van der Waals surface area contributed by atoms with Crippen molar-refractivity contribution in [2.24, 2.45) is 5.73 Å². The summed E-state index contributed by atoms with van der Waals surface area (Å²) in [5, 5.41) is 0.332. The molecule has 1 aromatic carbocycles. The molecule has 3 N–H and O–H groups in total. The SMILES string of the molecule is Cc1ccc(CNS(=O)(=O)c2cc(Cl)cc(CN)c2Cl)o1. The number of hydrogen-bond acceptors (Lipinski definition) is 4. The number of halogens is 2. The van der Waals surface area contributed by atoms with Gasteiger partial charge in [-0.05, 0) is 36.8 Å². The van der Waals surface area contributed by atoms with Crippen LogP contribution in [0, 0.1) is 6.92 Å². The average Bonchev–Trinajstić information content (AvgIpc) is 2.84. The van der Waals surface area contributed by atoms with Crippen molar-refractivity contribution < 1.29 is 12.8 Å². The molecule has 0 fully saturated rings. The van der Waals surface area contributed by atoms with E-state index in [1.165, 1.54) is 6.07 Å². The van der Waals surface area contributed by atoms with E-state index in [-0.39, 0.29) is 28.0 Å². The van der Waals surface area contributed by atoms with Crippen LogP contribution in [0.4, 0.5) is 0 Å². The summed E-state index contributed by atoms with van der Waals surface area (Å²) in [5.41, 5.74) is 6.00. The molecule has 0 aliphatic rings. The molecular weight excluding hydrogens is 335 g/mol. The number of sulfonamides is 1. The molecule has 0 aliphatic carbocycles. The number of rotatable bonds is 5. The van der Waals surface area contributed by atoms with Gasteiger partial charge in [0.2, 0.25) is 10.0 Å². The van der Waals surface area contributed by atoms with Crippen molar-refractivity contribution in [2.45, 2.75) is 24.9 Å². The van der Waals surface area contributed by atoms with Crippen LogP contribution in [0.2, 0.25) is 10.0 Å². The van der Waals surface area contributed by atoms with Gasteiger partial charge in [-0.2, -0.15) is 0 Å². The number of nitrogens with one attached hydrogen (secondary N) is 1. The maximum absolute atomic E-state index is 12.3. The van der Waals surface area contributed by atoms with Crippen LogP contribution in [0.3, 0.4) is 0 Å². The minimum Gasteiger partial charge on any atom is -0.465 e. The van der Waals surface area contributed by atoms with Gasteiger partial charge < -0.3 is 10.2 Å². The Morgan fingerprint density at radius 2 is 2.00 bits per heavy atom. The smallest absolute Gasteiger partial charge is 0.242 e. The predicted octanol–water partition coefficient (Wildman–Crippen LogP) is 2.83. The minimum absolute atomic E-state index is 0.0248.